The molecule has 1 unspecified atom stereocenters. The van der Waals surface area contributed by atoms with Gasteiger partial charge in [-0.15, -0.1) is 0 Å². The highest BCUT2D eigenvalue weighted by Crippen LogP contribution is 2.36. The van der Waals surface area contributed by atoms with E-state index < -0.39 is 0 Å². The van der Waals surface area contributed by atoms with Crippen LogP contribution in [-0.2, 0) is 16.0 Å². The molecule has 0 saturated heterocycles. The van der Waals surface area contributed by atoms with E-state index in [1.165, 1.54) is 7.11 Å². The van der Waals surface area contributed by atoms with Gasteiger partial charge in [-0.05, 0) is 48.9 Å². The van der Waals surface area contributed by atoms with Crippen LogP contribution >= 0.6 is 11.6 Å². The molecule has 1 aliphatic rings. The molecule has 0 bridgehead atoms. The van der Waals surface area contributed by atoms with Gasteiger partial charge in [-0.1, -0.05) is 17.7 Å². The summed E-state index contributed by atoms with van der Waals surface area (Å²) < 4.78 is 4.84. The molecule has 3 heteroatoms. The minimum Gasteiger partial charge on any atom is -0.469 e. The van der Waals surface area contributed by atoms with E-state index in [9.17, 15) is 4.79 Å². The molecule has 0 heterocycles. The van der Waals surface area contributed by atoms with Gasteiger partial charge < -0.3 is 4.74 Å². The van der Waals surface area contributed by atoms with Crippen LogP contribution in [0.5, 0.6) is 0 Å². The van der Waals surface area contributed by atoms with E-state index in [0.717, 1.165) is 41.0 Å². The highest BCUT2D eigenvalue weighted by atomic mass is 35.5. The van der Waals surface area contributed by atoms with Gasteiger partial charge in [-0.3, -0.25) is 4.79 Å². The van der Waals surface area contributed by atoms with Crippen molar-refractivity contribution in [2.45, 2.75) is 32.1 Å². The number of carbonyl (C=O) groups excluding carboxylic acids is 1. The summed E-state index contributed by atoms with van der Waals surface area (Å²) in [5.74, 6) is -0.284. The van der Waals surface area contributed by atoms with Crippen LogP contribution in [0.3, 0.4) is 0 Å². The van der Waals surface area contributed by atoms with Crippen LogP contribution in [0.15, 0.2) is 12.1 Å². The Kier molecular flexibility index (Phi) is 3.20. The fourth-order valence-electron chi connectivity index (χ4n) is 2.40. The number of rotatable bonds is 1. The summed E-state index contributed by atoms with van der Waals surface area (Å²) in [5.41, 5.74) is 3.27. The molecule has 0 fully saturated rings. The summed E-state index contributed by atoms with van der Waals surface area (Å²) in [4.78, 5) is 11.7. The number of ether oxygens (including phenoxy) is 1. The Morgan fingerprint density at radius 1 is 1.50 bits per heavy atom. The first-order valence-corrected chi connectivity index (χ1v) is 5.88. The Hall–Kier alpha value is -1.02. The number of benzene rings is 1. The number of hydrogen-bond acceptors (Lipinski definition) is 2. The molecule has 16 heavy (non-hydrogen) atoms. The third kappa shape index (κ3) is 1.94. The summed E-state index contributed by atoms with van der Waals surface area (Å²) in [6.07, 6.45) is 2.82. The minimum absolute atomic E-state index is 0.133. The second-order valence-corrected chi connectivity index (χ2v) is 4.69. The SMILES string of the molecule is COC(=O)C1CCCc2c(Cl)cc(C)cc21. The Balaban J connectivity index is 2.49. The molecule has 2 rings (SSSR count). The van der Waals surface area contributed by atoms with Gasteiger partial charge in [-0.25, -0.2) is 0 Å². The maximum absolute atomic E-state index is 11.7. The van der Waals surface area contributed by atoms with Crippen LogP contribution in [0.1, 0.15) is 35.4 Å². The standard InChI is InChI=1S/C13H15ClO2/c1-8-6-11-9(12(14)7-8)4-3-5-10(11)13(15)16-2/h6-7,10H,3-5H2,1-2H3. The van der Waals surface area contributed by atoms with Crippen molar-refractivity contribution in [2.24, 2.45) is 0 Å². The Morgan fingerprint density at radius 3 is 2.94 bits per heavy atom. The second kappa shape index (κ2) is 4.46. The van der Waals surface area contributed by atoms with Crippen molar-refractivity contribution >= 4 is 17.6 Å². The summed E-state index contributed by atoms with van der Waals surface area (Å²) in [7, 11) is 1.44. The van der Waals surface area contributed by atoms with Crippen molar-refractivity contribution in [3.05, 3.63) is 33.8 Å². The number of aryl methyl sites for hydroxylation is 1. The zero-order valence-electron chi connectivity index (χ0n) is 9.55. The largest absolute Gasteiger partial charge is 0.469 e. The summed E-state index contributed by atoms with van der Waals surface area (Å²) in [5, 5.41) is 0.781. The van der Waals surface area contributed by atoms with Crippen molar-refractivity contribution in [1.29, 1.82) is 0 Å². The molecule has 86 valence electrons. The van der Waals surface area contributed by atoms with E-state index in [0.29, 0.717) is 0 Å². The van der Waals surface area contributed by atoms with Gasteiger partial charge in [0.15, 0.2) is 0 Å². The highest BCUT2D eigenvalue weighted by Gasteiger charge is 2.28. The maximum Gasteiger partial charge on any atom is 0.313 e. The maximum atomic E-state index is 11.7. The van der Waals surface area contributed by atoms with Crippen molar-refractivity contribution < 1.29 is 9.53 Å². The zero-order valence-corrected chi connectivity index (χ0v) is 10.3. The Morgan fingerprint density at radius 2 is 2.25 bits per heavy atom. The molecule has 0 saturated carbocycles. The van der Waals surface area contributed by atoms with E-state index in [1.54, 1.807) is 0 Å². The van der Waals surface area contributed by atoms with Gasteiger partial charge in [0, 0.05) is 5.02 Å². The first-order chi connectivity index (χ1) is 7.63. The second-order valence-electron chi connectivity index (χ2n) is 4.28. The molecule has 0 radical (unpaired) electrons. The van der Waals surface area contributed by atoms with Gasteiger partial charge >= 0.3 is 5.97 Å². The number of fused-ring (bicyclic) bond motifs is 1. The zero-order chi connectivity index (χ0) is 11.7. The predicted octanol–water partition coefficient (Wildman–Crippen LogP) is 3.24. The first-order valence-electron chi connectivity index (χ1n) is 5.50. The van der Waals surface area contributed by atoms with Crippen LogP contribution in [0.4, 0.5) is 0 Å². The lowest BCUT2D eigenvalue weighted by atomic mass is 9.82. The van der Waals surface area contributed by atoms with Gasteiger partial charge in [0.05, 0.1) is 13.0 Å². The fourth-order valence-corrected chi connectivity index (χ4v) is 2.77. The number of methoxy groups -OCH3 is 1. The molecule has 0 N–H and O–H groups in total. The molecule has 2 nitrogen and oxygen atoms in total. The van der Waals surface area contributed by atoms with Crippen LogP contribution in [0.2, 0.25) is 5.02 Å². The molecule has 1 aliphatic carbocycles. The van der Waals surface area contributed by atoms with E-state index in [-0.39, 0.29) is 11.9 Å². The van der Waals surface area contributed by atoms with Crippen LogP contribution in [0.25, 0.3) is 0 Å². The third-order valence-corrected chi connectivity index (χ3v) is 3.49. The topological polar surface area (TPSA) is 26.3 Å². The van der Waals surface area contributed by atoms with Crippen LogP contribution < -0.4 is 0 Å². The van der Waals surface area contributed by atoms with Gasteiger partial charge in [0.1, 0.15) is 0 Å². The smallest absolute Gasteiger partial charge is 0.313 e. The summed E-state index contributed by atoms with van der Waals surface area (Å²) in [6.45, 7) is 2.00. The first kappa shape index (κ1) is 11.5. The quantitative estimate of drug-likeness (QED) is 0.702. The molecular weight excluding hydrogens is 224 g/mol. The van der Waals surface area contributed by atoms with Crippen molar-refractivity contribution in [2.75, 3.05) is 7.11 Å². The lowest BCUT2D eigenvalue weighted by Gasteiger charge is -2.24. The molecule has 1 aromatic rings. The van der Waals surface area contributed by atoms with E-state index >= 15 is 0 Å². The number of esters is 1. The Bertz CT molecular complexity index is 426. The number of halogens is 1. The van der Waals surface area contributed by atoms with Crippen molar-refractivity contribution in [3.63, 3.8) is 0 Å². The summed E-state index contributed by atoms with van der Waals surface area (Å²) >= 11 is 6.21. The molecule has 0 aromatic heterocycles. The van der Waals surface area contributed by atoms with E-state index in [1.807, 2.05) is 13.0 Å². The summed E-state index contributed by atoms with van der Waals surface area (Å²) in [6, 6.07) is 4.02. The van der Waals surface area contributed by atoms with Crippen molar-refractivity contribution in [1.82, 2.24) is 0 Å². The van der Waals surface area contributed by atoms with Crippen LogP contribution in [-0.4, -0.2) is 13.1 Å². The fraction of sp³-hybridized carbons (Fsp3) is 0.462. The molecule has 1 aromatic carbocycles. The average Bonchev–Trinajstić information content (AvgIpc) is 2.27. The van der Waals surface area contributed by atoms with E-state index in [2.05, 4.69) is 6.07 Å². The molecule has 1 atom stereocenters. The molecular formula is C13H15ClO2. The van der Waals surface area contributed by atoms with Gasteiger partial charge in [0.25, 0.3) is 0 Å². The van der Waals surface area contributed by atoms with E-state index in [4.69, 9.17) is 16.3 Å². The van der Waals surface area contributed by atoms with Crippen LogP contribution in [0, 0.1) is 6.92 Å². The number of carbonyl (C=O) groups is 1. The van der Waals surface area contributed by atoms with Gasteiger partial charge in [0.2, 0.25) is 0 Å². The predicted molar refractivity (Wildman–Crippen MR) is 63.9 cm³/mol. The average molecular weight is 239 g/mol. The molecule has 0 amide bonds. The van der Waals surface area contributed by atoms with Crippen molar-refractivity contribution in [3.8, 4) is 0 Å². The number of hydrogen-bond donors (Lipinski definition) is 0. The highest BCUT2D eigenvalue weighted by molar-refractivity contribution is 6.31. The third-order valence-electron chi connectivity index (χ3n) is 3.16. The van der Waals surface area contributed by atoms with Gasteiger partial charge in [-0.2, -0.15) is 0 Å². The normalized spacial score (nSPS) is 19.1. The monoisotopic (exact) mass is 238 g/mol. The molecule has 0 spiro atoms. The molecule has 0 aliphatic heterocycles. The minimum atomic E-state index is -0.150. The lowest BCUT2D eigenvalue weighted by Crippen LogP contribution is -2.20. The Labute approximate surface area is 101 Å². The lowest BCUT2D eigenvalue weighted by molar-refractivity contribution is -0.142.